The average molecular weight is 421 g/mol. The van der Waals surface area contributed by atoms with Gasteiger partial charge in [-0.05, 0) is 29.3 Å². The van der Waals surface area contributed by atoms with Gasteiger partial charge in [0.15, 0.2) is 11.5 Å². The standard InChI is InChI=1S/C23H23N3O5/c1-29-17-8-12(9-18(30-2)22(17)31-3)21-20-14(13-6-4-5-7-15(13)25-20)10-16-23(28)24-11-19(27)26(16)21/h4-9,16,21,25H,10-11H2,1-3H3,(H,24,28)/t16-,21-/m0/s1. The lowest BCUT2D eigenvalue weighted by atomic mass is 9.86. The number of rotatable bonds is 4. The number of carbonyl (C=O) groups is 2. The normalized spacial score (nSPS) is 20.2. The van der Waals surface area contributed by atoms with Crippen LogP contribution in [0.25, 0.3) is 10.9 Å². The first kappa shape index (κ1) is 19.3. The number of methoxy groups -OCH3 is 3. The van der Waals surface area contributed by atoms with Gasteiger partial charge in [-0.1, -0.05) is 18.2 Å². The van der Waals surface area contributed by atoms with E-state index in [-0.39, 0.29) is 18.4 Å². The average Bonchev–Trinajstić information content (AvgIpc) is 3.17. The number of aromatic amines is 1. The van der Waals surface area contributed by atoms with Gasteiger partial charge in [0, 0.05) is 23.0 Å². The van der Waals surface area contributed by atoms with Crippen LogP contribution in [0.15, 0.2) is 36.4 Å². The summed E-state index contributed by atoms with van der Waals surface area (Å²) in [6.45, 7) is -0.0220. The highest BCUT2D eigenvalue weighted by Crippen LogP contribution is 2.46. The summed E-state index contributed by atoms with van der Waals surface area (Å²) in [5, 5.41) is 3.78. The van der Waals surface area contributed by atoms with Crippen LogP contribution in [0.2, 0.25) is 0 Å². The first-order valence-corrected chi connectivity index (χ1v) is 10.1. The van der Waals surface area contributed by atoms with Gasteiger partial charge in [0.1, 0.15) is 6.04 Å². The number of hydrogen-bond acceptors (Lipinski definition) is 5. The van der Waals surface area contributed by atoms with E-state index in [1.807, 2.05) is 36.4 Å². The van der Waals surface area contributed by atoms with Crippen molar-refractivity contribution in [2.45, 2.75) is 18.5 Å². The number of nitrogens with zero attached hydrogens (tertiary/aromatic N) is 1. The molecule has 2 N–H and O–H groups in total. The first-order chi connectivity index (χ1) is 15.1. The largest absolute Gasteiger partial charge is 0.493 e. The van der Waals surface area contributed by atoms with Crippen LogP contribution in [0.5, 0.6) is 17.2 Å². The number of fused-ring (bicyclic) bond motifs is 4. The Morgan fingerprint density at radius 2 is 1.71 bits per heavy atom. The van der Waals surface area contributed by atoms with Gasteiger partial charge in [0.05, 0.1) is 33.9 Å². The molecule has 1 saturated heterocycles. The SMILES string of the molecule is COc1cc([C@H]2c3[nH]c4ccccc4c3C[C@H]3C(=O)NCC(=O)N23)cc(OC)c1OC. The van der Waals surface area contributed by atoms with Crippen LogP contribution in [0.4, 0.5) is 0 Å². The number of carbonyl (C=O) groups excluding carboxylic acids is 2. The Balaban J connectivity index is 1.78. The highest BCUT2D eigenvalue weighted by atomic mass is 16.5. The fourth-order valence-corrected chi connectivity index (χ4v) is 4.78. The number of para-hydroxylation sites is 1. The van der Waals surface area contributed by atoms with E-state index in [4.69, 9.17) is 14.2 Å². The van der Waals surface area contributed by atoms with E-state index >= 15 is 0 Å². The van der Waals surface area contributed by atoms with Crippen molar-refractivity contribution in [3.63, 3.8) is 0 Å². The number of nitrogens with one attached hydrogen (secondary N) is 2. The van der Waals surface area contributed by atoms with Gasteiger partial charge in [-0.2, -0.15) is 0 Å². The fraction of sp³-hybridized carbons (Fsp3) is 0.304. The third-order valence-corrected chi connectivity index (χ3v) is 6.14. The quantitative estimate of drug-likeness (QED) is 0.674. The van der Waals surface area contributed by atoms with E-state index in [9.17, 15) is 9.59 Å². The van der Waals surface area contributed by atoms with E-state index in [2.05, 4.69) is 10.3 Å². The Morgan fingerprint density at radius 1 is 1.00 bits per heavy atom. The number of hydrogen-bond donors (Lipinski definition) is 2. The molecular formula is C23H23N3O5. The summed E-state index contributed by atoms with van der Waals surface area (Å²) >= 11 is 0. The Labute approximate surface area is 179 Å². The van der Waals surface area contributed by atoms with E-state index in [1.54, 1.807) is 26.2 Å². The maximum absolute atomic E-state index is 13.0. The van der Waals surface area contributed by atoms with Gasteiger partial charge in [-0.3, -0.25) is 9.59 Å². The topological polar surface area (TPSA) is 92.9 Å². The molecule has 160 valence electrons. The molecule has 2 aliphatic rings. The summed E-state index contributed by atoms with van der Waals surface area (Å²) < 4.78 is 16.5. The van der Waals surface area contributed by atoms with Crippen LogP contribution in [-0.2, 0) is 16.0 Å². The number of benzene rings is 2. The molecule has 3 heterocycles. The molecule has 3 aromatic rings. The van der Waals surface area contributed by atoms with Crippen LogP contribution in [0.1, 0.15) is 22.9 Å². The molecule has 0 saturated carbocycles. The maximum Gasteiger partial charge on any atom is 0.243 e. The highest BCUT2D eigenvalue weighted by Gasteiger charge is 2.46. The Hall–Kier alpha value is -3.68. The lowest BCUT2D eigenvalue weighted by Gasteiger charge is -2.44. The van der Waals surface area contributed by atoms with Crippen molar-refractivity contribution in [2.75, 3.05) is 27.9 Å². The van der Waals surface area contributed by atoms with Crippen molar-refractivity contribution in [3.05, 3.63) is 53.2 Å². The molecule has 8 heteroatoms. The van der Waals surface area contributed by atoms with Gasteiger partial charge in [-0.15, -0.1) is 0 Å². The van der Waals surface area contributed by atoms with Crippen molar-refractivity contribution in [1.82, 2.24) is 15.2 Å². The molecule has 0 spiro atoms. The highest BCUT2D eigenvalue weighted by molar-refractivity contribution is 5.97. The third-order valence-electron chi connectivity index (χ3n) is 6.14. The second-order valence-corrected chi connectivity index (χ2v) is 7.66. The summed E-state index contributed by atoms with van der Waals surface area (Å²) in [5.41, 5.74) is 3.68. The summed E-state index contributed by atoms with van der Waals surface area (Å²) in [7, 11) is 4.65. The molecule has 1 aromatic heterocycles. The number of H-pyrrole nitrogens is 1. The minimum atomic E-state index is -0.586. The lowest BCUT2D eigenvalue weighted by Crippen LogP contribution is -2.61. The molecule has 8 nitrogen and oxygen atoms in total. The zero-order valence-corrected chi connectivity index (χ0v) is 17.5. The minimum absolute atomic E-state index is 0.0220. The molecule has 0 unspecified atom stereocenters. The van der Waals surface area contributed by atoms with Crippen molar-refractivity contribution in [1.29, 1.82) is 0 Å². The van der Waals surface area contributed by atoms with E-state index in [1.165, 1.54) is 0 Å². The Kier molecular flexibility index (Phi) is 4.50. The molecule has 2 aliphatic heterocycles. The smallest absolute Gasteiger partial charge is 0.243 e. The summed E-state index contributed by atoms with van der Waals surface area (Å²) in [4.78, 5) is 31.0. The van der Waals surface area contributed by atoms with E-state index in [0.717, 1.165) is 27.7 Å². The summed E-state index contributed by atoms with van der Waals surface area (Å²) in [6.07, 6.45) is 0.456. The molecule has 1 fully saturated rings. The number of amides is 2. The van der Waals surface area contributed by atoms with Gasteiger partial charge in [0.25, 0.3) is 0 Å². The number of piperazine rings is 1. The van der Waals surface area contributed by atoms with Crippen LogP contribution < -0.4 is 19.5 Å². The predicted octanol–water partition coefficient (Wildman–Crippen LogP) is 2.17. The zero-order valence-electron chi connectivity index (χ0n) is 17.5. The summed E-state index contributed by atoms with van der Waals surface area (Å²) in [5.74, 6) is 1.18. The van der Waals surface area contributed by atoms with Gasteiger partial charge < -0.3 is 29.4 Å². The van der Waals surface area contributed by atoms with Gasteiger partial charge >= 0.3 is 0 Å². The Morgan fingerprint density at radius 3 is 2.39 bits per heavy atom. The molecule has 31 heavy (non-hydrogen) atoms. The number of aromatic nitrogens is 1. The zero-order chi connectivity index (χ0) is 21.7. The van der Waals surface area contributed by atoms with E-state index in [0.29, 0.717) is 23.7 Å². The second-order valence-electron chi connectivity index (χ2n) is 7.66. The van der Waals surface area contributed by atoms with Crippen molar-refractivity contribution in [3.8, 4) is 17.2 Å². The number of ether oxygens (including phenoxy) is 3. The third kappa shape index (κ3) is 2.82. The maximum atomic E-state index is 13.0. The van der Waals surface area contributed by atoms with Crippen molar-refractivity contribution >= 4 is 22.7 Å². The molecule has 0 radical (unpaired) electrons. The molecule has 2 atom stereocenters. The van der Waals surface area contributed by atoms with Gasteiger partial charge in [0.2, 0.25) is 17.6 Å². The Bertz CT molecular complexity index is 1180. The molecule has 0 bridgehead atoms. The lowest BCUT2D eigenvalue weighted by molar-refractivity contribution is -0.148. The van der Waals surface area contributed by atoms with Crippen molar-refractivity contribution < 1.29 is 23.8 Å². The molecular weight excluding hydrogens is 398 g/mol. The molecule has 5 rings (SSSR count). The van der Waals surface area contributed by atoms with Crippen molar-refractivity contribution in [2.24, 2.45) is 0 Å². The minimum Gasteiger partial charge on any atom is -0.493 e. The second kappa shape index (κ2) is 7.23. The fourth-order valence-electron chi connectivity index (χ4n) is 4.78. The van der Waals surface area contributed by atoms with E-state index < -0.39 is 12.1 Å². The van der Waals surface area contributed by atoms with Crippen LogP contribution in [0.3, 0.4) is 0 Å². The molecule has 2 amide bonds. The van der Waals surface area contributed by atoms with Crippen LogP contribution in [-0.4, -0.2) is 55.6 Å². The van der Waals surface area contributed by atoms with Gasteiger partial charge in [-0.25, -0.2) is 0 Å². The molecule has 2 aromatic carbocycles. The van der Waals surface area contributed by atoms with Crippen LogP contribution in [0, 0.1) is 0 Å². The first-order valence-electron chi connectivity index (χ1n) is 10.1. The summed E-state index contributed by atoms with van der Waals surface area (Å²) in [6, 6.07) is 10.6. The monoisotopic (exact) mass is 421 g/mol. The van der Waals surface area contributed by atoms with Crippen LogP contribution >= 0.6 is 0 Å². The predicted molar refractivity (Wildman–Crippen MR) is 114 cm³/mol. The molecule has 0 aliphatic carbocycles.